The molecule has 0 saturated carbocycles. The van der Waals surface area contributed by atoms with Gasteiger partial charge in [0.25, 0.3) is 5.56 Å². The number of anilines is 2. The summed E-state index contributed by atoms with van der Waals surface area (Å²) < 4.78 is 24.3. The Morgan fingerprint density at radius 3 is 2.74 bits per heavy atom. The zero-order chi connectivity index (χ0) is 16.4. The first kappa shape index (κ1) is 14.1. The lowest BCUT2D eigenvalue weighted by atomic mass is 10.1. The van der Waals surface area contributed by atoms with Crippen molar-refractivity contribution in [1.82, 2.24) is 4.98 Å². The van der Waals surface area contributed by atoms with Gasteiger partial charge in [0.15, 0.2) is 9.84 Å². The van der Waals surface area contributed by atoms with Crippen LogP contribution in [0.15, 0.2) is 29.2 Å². The lowest BCUT2D eigenvalue weighted by molar-refractivity contribution is 0.611. The van der Waals surface area contributed by atoms with Gasteiger partial charge >= 0.3 is 0 Å². The molecule has 3 heterocycles. The minimum Gasteiger partial charge on any atom is -0.381 e. The van der Waals surface area contributed by atoms with E-state index in [2.05, 4.69) is 10.3 Å². The molecular weight excluding hydrogens is 314 g/mol. The largest absolute Gasteiger partial charge is 0.381 e. The van der Waals surface area contributed by atoms with Gasteiger partial charge in [0.2, 0.25) is 0 Å². The fourth-order valence-electron chi connectivity index (χ4n) is 3.26. The number of rotatable bonds is 1. The van der Waals surface area contributed by atoms with Gasteiger partial charge in [0.1, 0.15) is 0 Å². The first-order chi connectivity index (χ1) is 10.9. The molecule has 0 aromatic heterocycles. The maximum absolute atomic E-state index is 12.5. The van der Waals surface area contributed by atoms with Crippen LogP contribution >= 0.6 is 0 Å². The molecule has 4 aliphatic rings. The normalized spacial score (nSPS) is 16.1. The van der Waals surface area contributed by atoms with Crippen LogP contribution in [-0.2, 0) is 9.84 Å². The topological polar surface area (TPSA) is 82.3 Å². The molecule has 0 unspecified atom stereocenters. The molecule has 0 saturated heterocycles. The van der Waals surface area contributed by atoms with E-state index in [0.29, 0.717) is 23.0 Å². The third-order valence-electron chi connectivity index (χ3n) is 4.24. The molecule has 0 bridgehead atoms. The molecule has 7 heteroatoms. The maximum atomic E-state index is 12.5. The summed E-state index contributed by atoms with van der Waals surface area (Å²) in [4.78, 5) is 17.4. The van der Waals surface area contributed by atoms with E-state index in [4.69, 9.17) is 0 Å². The Bertz CT molecular complexity index is 1130. The number of aromatic nitrogens is 1. The minimum absolute atomic E-state index is 0.210. The predicted octanol–water partition coefficient (Wildman–Crippen LogP) is -0.198. The lowest BCUT2D eigenvalue weighted by Gasteiger charge is -2.21. The predicted molar refractivity (Wildman–Crippen MR) is 91.7 cm³/mol. The molecule has 0 atom stereocenters. The number of nitrogens with zero attached hydrogens (tertiary/aromatic N) is 1. The first-order valence-electron chi connectivity index (χ1n) is 7.16. The van der Waals surface area contributed by atoms with Crippen molar-refractivity contribution in [2.24, 2.45) is 0 Å². The standard InChI is InChI=1S/C16H15N3O3S/c1-19-8-6-12(23(2,21)22)9-3-4-10-13-11(5-7-17-10)18-16(20)14(13)15(9)19/h3-6,8,17H,7H2,1-2H3,(H,18,20). The van der Waals surface area contributed by atoms with E-state index in [0.717, 1.165) is 16.6 Å². The number of fused-ring (bicyclic) bond motifs is 2. The van der Waals surface area contributed by atoms with Gasteiger partial charge in [-0.1, -0.05) is 0 Å². The van der Waals surface area contributed by atoms with E-state index in [-0.39, 0.29) is 10.5 Å². The second-order valence-electron chi connectivity index (χ2n) is 5.78. The van der Waals surface area contributed by atoms with Gasteiger partial charge in [-0.15, -0.1) is 0 Å². The van der Waals surface area contributed by atoms with Crippen molar-refractivity contribution in [2.75, 3.05) is 30.1 Å². The Hall–Kier alpha value is -2.54. The van der Waals surface area contributed by atoms with Gasteiger partial charge in [0, 0.05) is 47.9 Å². The van der Waals surface area contributed by atoms with Crippen LogP contribution in [0.3, 0.4) is 0 Å². The van der Waals surface area contributed by atoms with Gasteiger partial charge in [-0.3, -0.25) is 4.79 Å². The molecule has 0 fully saturated rings. The summed E-state index contributed by atoms with van der Waals surface area (Å²) in [6, 6.07) is 3.60. The quantitative estimate of drug-likeness (QED) is 0.757. The number of aromatic amines is 1. The highest BCUT2D eigenvalue weighted by Crippen LogP contribution is 2.32. The maximum Gasteiger partial charge on any atom is 0.258 e. The van der Waals surface area contributed by atoms with Crippen molar-refractivity contribution in [1.29, 1.82) is 0 Å². The fourth-order valence-corrected chi connectivity index (χ4v) is 4.13. The van der Waals surface area contributed by atoms with Crippen LogP contribution < -0.4 is 26.3 Å². The molecule has 3 aliphatic heterocycles. The molecule has 118 valence electrons. The van der Waals surface area contributed by atoms with Crippen molar-refractivity contribution < 1.29 is 8.42 Å². The average molecular weight is 329 g/mol. The van der Waals surface area contributed by atoms with E-state index in [1.54, 1.807) is 23.2 Å². The Morgan fingerprint density at radius 1 is 1.22 bits per heavy atom. The van der Waals surface area contributed by atoms with Crippen LogP contribution in [0, 0.1) is 0 Å². The van der Waals surface area contributed by atoms with Gasteiger partial charge in [-0.05, 0) is 24.3 Å². The summed E-state index contributed by atoms with van der Waals surface area (Å²) in [5.41, 5.74) is 2.54. The summed E-state index contributed by atoms with van der Waals surface area (Å²) in [5.74, 6) is 0. The number of hydrogen-bond donors (Lipinski definition) is 2. The van der Waals surface area contributed by atoms with Crippen molar-refractivity contribution >= 4 is 32.2 Å². The van der Waals surface area contributed by atoms with E-state index < -0.39 is 9.84 Å². The van der Waals surface area contributed by atoms with E-state index in [9.17, 15) is 13.2 Å². The van der Waals surface area contributed by atoms with Crippen molar-refractivity contribution in [3.05, 3.63) is 45.3 Å². The third-order valence-corrected chi connectivity index (χ3v) is 5.39. The Balaban J connectivity index is 2.32. The summed E-state index contributed by atoms with van der Waals surface area (Å²) >= 11 is 0. The highest BCUT2D eigenvalue weighted by molar-refractivity contribution is 7.99. The first-order valence-corrected chi connectivity index (χ1v) is 9.05. The van der Waals surface area contributed by atoms with Crippen LogP contribution in [0.25, 0.3) is 22.1 Å². The van der Waals surface area contributed by atoms with Crippen molar-refractivity contribution in [2.45, 2.75) is 0 Å². The molecular formula is C16H15N3O3S. The number of nitrogens with one attached hydrogen (secondary N) is 2. The van der Waals surface area contributed by atoms with Crippen LogP contribution in [0.2, 0.25) is 0 Å². The lowest BCUT2D eigenvalue weighted by Crippen LogP contribution is -2.26. The van der Waals surface area contributed by atoms with Crippen molar-refractivity contribution in [3.63, 3.8) is 0 Å². The van der Waals surface area contributed by atoms with Crippen molar-refractivity contribution in [3.8, 4) is 11.1 Å². The molecule has 6 nitrogen and oxygen atoms in total. The summed E-state index contributed by atoms with van der Waals surface area (Å²) in [5, 5.41) is 4.56. The number of hydrogen-bond acceptors (Lipinski definition) is 5. The Morgan fingerprint density at radius 2 is 2.00 bits per heavy atom. The van der Waals surface area contributed by atoms with E-state index in [1.165, 1.54) is 6.26 Å². The van der Waals surface area contributed by atoms with Gasteiger partial charge in [0.05, 0.1) is 16.2 Å². The highest BCUT2D eigenvalue weighted by atomic mass is 32.2. The zero-order valence-electron chi connectivity index (χ0n) is 12.7. The van der Waals surface area contributed by atoms with Crippen LogP contribution in [0.1, 0.15) is 0 Å². The molecule has 0 aromatic carbocycles. The van der Waals surface area contributed by atoms with Gasteiger partial charge in [-0.2, -0.15) is 0 Å². The number of H-pyrrole nitrogens is 1. The fraction of sp³-hybridized carbons (Fsp3) is 0.188. The molecule has 23 heavy (non-hydrogen) atoms. The van der Waals surface area contributed by atoms with Gasteiger partial charge < -0.3 is 15.2 Å². The van der Waals surface area contributed by atoms with Crippen LogP contribution in [0.4, 0.5) is 11.4 Å². The molecule has 0 amide bonds. The summed E-state index contributed by atoms with van der Waals surface area (Å²) in [6.07, 6.45) is 6.34. The SMILES string of the molecule is CN1C=CC(S(C)(=O)=O)=c2ccc3c4c([nH]c(=O)c-4c21)=CCN3. The Kier molecular flexibility index (Phi) is 2.74. The third kappa shape index (κ3) is 1.93. The second kappa shape index (κ2) is 4.48. The van der Waals surface area contributed by atoms with Gasteiger partial charge in [-0.25, -0.2) is 8.42 Å². The Labute approximate surface area is 132 Å². The monoisotopic (exact) mass is 329 g/mol. The minimum atomic E-state index is -3.41. The second-order valence-corrected chi connectivity index (χ2v) is 7.76. The zero-order valence-corrected chi connectivity index (χ0v) is 13.5. The van der Waals surface area contributed by atoms with Crippen LogP contribution in [0.5, 0.6) is 0 Å². The molecule has 0 radical (unpaired) electrons. The molecule has 0 aromatic rings. The molecule has 2 N–H and O–H groups in total. The molecule has 4 rings (SSSR count). The van der Waals surface area contributed by atoms with E-state index >= 15 is 0 Å². The summed E-state index contributed by atoms with van der Waals surface area (Å²) in [6.45, 7) is 0.619. The smallest absolute Gasteiger partial charge is 0.258 e. The van der Waals surface area contributed by atoms with Crippen LogP contribution in [-0.4, -0.2) is 33.2 Å². The molecule has 1 aliphatic carbocycles. The summed E-state index contributed by atoms with van der Waals surface area (Å²) in [7, 11) is -1.60. The molecule has 0 spiro atoms. The van der Waals surface area contributed by atoms with E-state index in [1.807, 2.05) is 19.2 Å². The highest BCUT2D eigenvalue weighted by Gasteiger charge is 2.26. The number of sulfone groups is 1. The average Bonchev–Trinajstić information content (AvgIpc) is 2.69.